The number of hydrogen-bond acceptors (Lipinski definition) is 5. The highest BCUT2D eigenvalue weighted by Gasteiger charge is 2.26. The minimum Gasteiger partial charge on any atom is -0.387 e. The van der Waals surface area contributed by atoms with Crippen molar-refractivity contribution in [2.45, 2.75) is 31.2 Å². The van der Waals surface area contributed by atoms with Gasteiger partial charge in [-0.1, -0.05) is 72.8 Å². The predicted molar refractivity (Wildman–Crippen MR) is 126 cm³/mol. The summed E-state index contributed by atoms with van der Waals surface area (Å²) < 4.78 is 0. The Morgan fingerprint density at radius 2 is 1.25 bits per heavy atom. The van der Waals surface area contributed by atoms with Crippen molar-refractivity contribution in [3.63, 3.8) is 0 Å². The second kappa shape index (κ2) is 11.0. The van der Waals surface area contributed by atoms with Crippen LogP contribution in [0.15, 0.2) is 84.9 Å². The Bertz CT molecular complexity index is 929. The van der Waals surface area contributed by atoms with Gasteiger partial charge in [0.1, 0.15) is 0 Å². The summed E-state index contributed by atoms with van der Waals surface area (Å²) in [5.74, 6) is -0.465. The standard InChI is InChI=1S/C26H31N3O3/c1-26(16-19-12-14-22(15-13-19)25(27)32,28-17-23(30)20-8-4-2-5-9-20)29-18-24(31)21-10-6-3-7-11-21/h2-15,23-24,28-31H,16-18H2,1H3,(H2,27,32)/t23-,24-/m0/s1. The molecule has 0 saturated carbocycles. The van der Waals surface area contributed by atoms with Gasteiger partial charge in [0, 0.05) is 25.1 Å². The van der Waals surface area contributed by atoms with Crippen LogP contribution >= 0.6 is 0 Å². The SMILES string of the molecule is CC(Cc1ccc(C(N)=O)cc1)(NC[C@H](O)c1ccccc1)NC[C@H](O)c1ccccc1. The van der Waals surface area contributed by atoms with Gasteiger partial charge in [0.2, 0.25) is 5.91 Å². The lowest BCUT2D eigenvalue weighted by Crippen LogP contribution is -2.58. The molecule has 0 bridgehead atoms. The maximum atomic E-state index is 11.4. The van der Waals surface area contributed by atoms with E-state index in [2.05, 4.69) is 10.6 Å². The summed E-state index contributed by atoms with van der Waals surface area (Å²) in [5.41, 5.74) is 7.82. The van der Waals surface area contributed by atoms with Gasteiger partial charge in [-0.25, -0.2) is 0 Å². The normalized spacial score (nSPS) is 13.5. The molecule has 6 nitrogen and oxygen atoms in total. The van der Waals surface area contributed by atoms with E-state index in [1.54, 1.807) is 12.1 Å². The summed E-state index contributed by atoms with van der Waals surface area (Å²) in [5, 5.41) is 28.1. The maximum absolute atomic E-state index is 11.4. The molecule has 0 aliphatic heterocycles. The number of primary amides is 1. The van der Waals surface area contributed by atoms with Crippen LogP contribution < -0.4 is 16.4 Å². The second-order valence-corrected chi connectivity index (χ2v) is 8.18. The predicted octanol–water partition coefficient (Wildman–Crippen LogP) is 2.69. The summed E-state index contributed by atoms with van der Waals surface area (Å²) in [6.07, 6.45) is -0.781. The van der Waals surface area contributed by atoms with E-state index in [-0.39, 0.29) is 0 Å². The molecule has 2 atom stereocenters. The van der Waals surface area contributed by atoms with Crippen LogP contribution in [0.3, 0.4) is 0 Å². The minimum atomic E-state index is -0.673. The van der Waals surface area contributed by atoms with Crippen molar-refractivity contribution in [1.29, 1.82) is 0 Å². The minimum absolute atomic E-state index is 0.328. The number of rotatable bonds is 11. The van der Waals surface area contributed by atoms with Crippen molar-refractivity contribution in [2.24, 2.45) is 5.73 Å². The Morgan fingerprint density at radius 1 is 0.812 bits per heavy atom. The van der Waals surface area contributed by atoms with Crippen molar-refractivity contribution in [2.75, 3.05) is 13.1 Å². The van der Waals surface area contributed by atoms with Crippen molar-refractivity contribution < 1.29 is 15.0 Å². The number of carbonyl (C=O) groups is 1. The van der Waals surface area contributed by atoms with Crippen LogP contribution in [-0.2, 0) is 6.42 Å². The molecule has 3 aromatic carbocycles. The van der Waals surface area contributed by atoms with Gasteiger partial charge in [-0.2, -0.15) is 0 Å². The molecular formula is C26H31N3O3. The number of hydrogen-bond donors (Lipinski definition) is 5. The number of aliphatic hydroxyl groups is 2. The van der Waals surface area contributed by atoms with E-state index in [0.29, 0.717) is 25.1 Å². The van der Waals surface area contributed by atoms with Crippen LogP contribution in [0.5, 0.6) is 0 Å². The molecule has 0 aromatic heterocycles. The topological polar surface area (TPSA) is 108 Å². The van der Waals surface area contributed by atoms with Gasteiger partial charge >= 0.3 is 0 Å². The van der Waals surface area contributed by atoms with Crippen LogP contribution in [0.1, 0.15) is 46.2 Å². The zero-order valence-electron chi connectivity index (χ0n) is 18.2. The first-order valence-corrected chi connectivity index (χ1v) is 10.7. The molecule has 32 heavy (non-hydrogen) atoms. The number of benzene rings is 3. The van der Waals surface area contributed by atoms with Gasteiger partial charge in [-0.15, -0.1) is 0 Å². The monoisotopic (exact) mass is 433 g/mol. The smallest absolute Gasteiger partial charge is 0.248 e. The fourth-order valence-electron chi connectivity index (χ4n) is 3.61. The van der Waals surface area contributed by atoms with Gasteiger partial charge in [-0.3, -0.25) is 15.4 Å². The van der Waals surface area contributed by atoms with Crippen molar-refractivity contribution in [1.82, 2.24) is 10.6 Å². The van der Waals surface area contributed by atoms with E-state index >= 15 is 0 Å². The van der Waals surface area contributed by atoms with Gasteiger partial charge in [-0.05, 0) is 35.7 Å². The summed E-state index contributed by atoms with van der Waals surface area (Å²) in [7, 11) is 0. The van der Waals surface area contributed by atoms with E-state index in [0.717, 1.165) is 16.7 Å². The molecule has 0 aliphatic carbocycles. The molecule has 1 amide bonds. The summed E-state index contributed by atoms with van der Waals surface area (Å²) >= 11 is 0. The molecule has 0 saturated heterocycles. The number of amides is 1. The first-order valence-electron chi connectivity index (χ1n) is 10.7. The molecule has 0 radical (unpaired) electrons. The molecule has 6 heteroatoms. The number of carbonyl (C=O) groups excluding carboxylic acids is 1. The molecule has 3 rings (SSSR count). The average molecular weight is 434 g/mol. The molecule has 0 spiro atoms. The highest BCUT2D eigenvalue weighted by molar-refractivity contribution is 5.92. The Labute approximate surface area is 189 Å². The quantitative estimate of drug-likeness (QED) is 0.299. The highest BCUT2D eigenvalue weighted by Crippen LogP contribution is 2.18. The van der Waals surface area contributed by atoms with Crippen molar-refractivity contribution in [3.05, 3.63) is 107 Å². The molecule has 3 aromatic rings. The third-order valence-corrected chi connectivity index (χ3v) is 5.54. The molecule has 6 N–H and O–H groups in total. The summed E-state index contributed by atoms with van der Waals surface area (Å²) in [6.45, 7) is 2.65. The van der Waals surface area contributed by atoms with E-state index in [1.165, 1.54) is 0 Å². The van der Waals surface area contributed by atoms with E-state index < -0.39 is 23.8 Å². The van der Waals surface area contributed by atoms with Crippen LogP contribution in [-0.4, -0.2) is 34.9 Å². The Balaban J connectivity index is 1.71. The lowest BCUT2D eigenvalue weighted by molar-refractivity contribution is 0.1000. The number of nitrogens with two attached hydrogens (primary N) is 1. The molecular weight excluding hydrogens is 402 g/mol. The second-order valence-electron chi connectivity index (χ2n) is 8.18. The molecule has 168 valence electrons. The fourth-order valence-corrected chi connectivity index (χ4v) is 3.61. The third-order valence-electron chi connectivity index (χ3n) is 5.54. The molecule has 0 heterocycles. The zero-order chi connectivity index (χ0) is 23.0. The van der Waals surface area contributed by atoms with Crippen molar-refractivity contribution in [3.8, 4) is 0 Å². The van der Waals surface area contributed by atoms with Gasteiger partial charge in [0.05, 0.1) is 17.9 Å². The summed E-state index contributed by atoms with van der Waals surface area (Å²) in [6, 6.07) is 26.1. The van der Waals surface area contributed by atoms with Crippen molar-refractivity contribution >= 4 is 5.91 Å². The summed E-state index contributed by atoms with van der Waals surface area (Å²) in [4.78, 5) is 11.4. The van der Waals surface area contributed by atoms with Crippen LogP contribution in [0, 0.1) is 0 Å². The van der Waals surface area contributed by atoms with E-state index in [9.17, 15) is 15.0 Å². The molecule has 0 fully saturated rings. The average Bonchev–Trinajstić information content (AvgIpc) is 2.82. The zero-order valence-corrected chi connectivity index (χ0v) is 18.2. The van der Waals surface area contributed by atoms with Crippen LogP contribution in [0.25, 0.3) is 0 Å². The molecule has 0 unspecified atom stereocenters. The largest absolute Gasteiger partial charge is 0.387 e. The first-order chi connectivity index (χ1) is 15.4. The first kappa shape index (κ1) is 23.6. The molecule has 0 aliphatic rings. The van der Waals surface area contributed by atoms with E-state index in [1.807, 2.05) is 79.7 Å². The lowest BCUT2D eigenvalue weighted by Gasteiger charge is -2.34. The Morgan fingerprint density at radius 3 is 1.66 bits per heavy atom. The maximum Gasteiger partial charge on any atom is 0.248 e. The van der Waals surface area contributed by atoms with E-state index in [4.69, 9.17) is 5.73 Å². The van der Waals surface area contributed by atoms with Gasteiger partial charge in [0.25, 0.3) is 0 Å². The lowest BCUT2D eigenvalue weighted by atomic mass is 9.98. The van der Waals surface area contributed by atoms with Gasteiger partial charge < -0.3 is 15.9 Å². The van der Waals surface area contributed by atoms with Gasteiger partial charge in [0.15, 0.2) is 0 Å². The fraction of sp³-hybridized carbons (Fsp3) is 0.269. The third kappa shape index (κ3) is 6.73. The van der Waals surface area contributed by atoms with Crippen LogP contribution in [0.4, 0.5) is 0 Å². The Hall–Kier alpha value is -3.03. The van der Waals surface area contributed by atoms with Crippen LogP contribution in [0.2, 0.25) is 0 Å². The Kier molecular flexibility index (Phi) is 8.14. The number of nitrogens with one attached hydrogen (secondary N) is 2. The highest BCUT2D eigenvalue weighted by atomic mass is 16.3. The number of aliphatic hydroxyl groups excluding tert-OH is 2.